The Labute approximate surface area is 239 Å². The molecule has 0 unspecified atom stereocenters. The van der Waals surface area contributed by atoms with Crippen molar-refractivity contribution in [3.8, 4) is 28.7 Å². The second-order valence-corrected chi connectivity index (χ2v) is 8.79. The fraction of sp³-hybridized carbons (Fsp3) is 0.231. The summed E-state index contributed by atoms with van der Waals surface area (Å²) in [5, 5.41) is 3.70. The molecule has 0 spiro atoms. The van der Waals surface area contributed by atoms with Crippen LogP contribution in [0.4, 0.5) is 5.69 Å². The lowest BCUT2D eigenvalue weighted by atomic mass is 10.1. The topological polar surface area (TPSA) is 111 Å². The van der Waals surface area contributed by atoms with Crippen molar-refractivity contribution in [3.05, 3.63) is 69.2 Å². The first-order chi connectivity index (χ1) is 18.8. The molecule has 0 aliphatic carbocycles. The van der Waals surface area contributed by atoms with Crippen LogP contribution in [0, 0.1) is 0 Å². The highest BCUT2D eigenvalue weighted by molar-refractivity contribution is 6.35. The lowest BCUT2D eigenvalue weighted by Crippen LogP contribution is -2.22. The number of carbonyl (C=O) groups excluding carboxylic acids is 2. The van der Waals surface area contributed by atoms with Gasteiger partial charge >= 0.3 is 5.97 Å². The normalized spacial score (nSPS) is 10.5. The van der Waals surface area contributed by atoms with E-state index in [0.29, 0.717) is 15.8 Å². The Morgan fingerprint density at radius 2 is 1.38 bits per heavy atom. The van der Waals surface area contributed by atoms with E-state index < -0.39 is 18.5 Å². The number of benzene rings is 3. The molecule has 1 N–H and O–H groups in total. The number of ether oxygens (including phenoxy) is 7. The van der Waals surface area contributed by atoms with E-state index in [-0.39, 0.29) is 52.9 Å². The second kappa shape index (κ2) is 14.7. The van der Waals surface area contributed by atoms with Crippen LogP contribution in [-0.4, -0.2) is 53.4 Å². The highest BCUT2D eigenvalue weighted by atomic mass is 35.5. The average Bonchev–Trinajstić information content (AvgIpc) is 2.92. The monoisotopic (exact) mass is 599 g/mol. The summed E-state index contributed by atoms with van der Waals surface area (Å²) in [5.74, 6) is -0.471. The van der Waals surface area contributed by atoms with E-state index in [2.05, 4.69) is 5.32 Å². The highest BCUT2D eigenvalue weighted by Gasteiger charge is 2.24. The molecule has 0 bridgehead atoms. The molecule has 39 heavy (non-hydrogen) atoms. The van der Waals surface area contributed by atoms with Gasteiger partial charge in [0, 0.05) is 30.3 Å². The Morgan fingerprint density at radius 3 is 2.05 bits per heavy atom. The number of nitrogens with one attached hydrogen (secondary N) is 1. The molecular formula is C26H24Cl3NO9. The van der Waals surface area contributed by atoms with Gasteiger partial charge in [-0.3, -0.25) is 4.79 Å². The number of methoxy groups -OCH3 is 3. The van der Waals surface area contributed by atoms with Crippen molar-refractivity contribution < 1.29 is 42.7 Å². The summed E-state index contributed by atoms with van der Waals surface area (Å²) in [6.07, 6.45) is 0. The van der Waals surface area contributed by atoms with Gasteiger partial charge < -0.3 is 38.5 Å². The molecule has 0 aromatic heterocycles. The number of hydrogen-bond donors (Lipinski definition) is 1. The molecule has 0 fully saturated rings. The maximum atomic E-state index is 13.0. The fourth-order valence-corrected chi connectivity index (χ4v) is 3.75. The number of halogens is 3. The summed E-state index contributed by atoms with van der Waals surface area (Å²) < 4.78 is 37.5. The molecule has 208 valence electrons. The third-order valence-electron chi connectivity index (χ3n) is 4.82. The van der Waals surface area contributed by atoms with Crippen molar-refractivity contribution in [3.63, 3.8) is 0 Å². The molecule has 3 aromatic carbocycles. The maximum Gasteiger partial charge on any atom is 0.341 e. The first-order valence-electron chi connectivity index (χ1n) is 11.1. The number of anilines is 1. The van der Waals surface area contributed by atoms with Gasteiger partial charge in [0.05, 0.1) is 12.1 Å². The second-order valence-electron chi connectivity index (χ2n) is 7.51. The standard InChI is InChI=1S/C26H24Cl3NO9/c1-33-13-37-21-9-6-17(26(32)35-3)25(38-14-34-2)24(21)30-23(31)12-36-22-11-16(28)5-8-20(22)39-19-7-4-15(27)10-18(19)29/h4-11H,12-14H2,1-3H3,(H,30,31). The van der Waals surface area contributed by atoms with Gasteiger partial charge in [0.25, 0.3) is 5.91 Å². The van der Waals surface area contributed by atoms with Crippen LogP contribution < -0.4 is 24.3 Å². The predicted octanol–water partition coefficient (Wildman–Crippen LogP) is 6.21. The Kier molecular flexibility index (Phi) is 11.3. The Balaban J connectivity index is 1.85. The van der Waals surface area contributed by atoms with Crippen LogP contribution in [-0.2, 0) is 19.0 Å². The average molecular weight is 601 g/mol. The minimum atomic E-state index is -0.701. The SMILES string of the molecule is COCOc1ccc(C(=O)OC)c(OCOC)c1NC(=O)COc1cc(Cl)ccc1Oc1ccc(Cl)cc1Cl. The van der Waals surface area contributed by atoms with Gasteiger partial charge in [0.2, 0.25) is 0 Å². The van der Waals surface area contributed by atoms with Crippen molar-refractivity contribution >= 4 is 52.4 Å². The van der Waals surface area contributed by atoms with Gasteiger partial charge in [-0.05, 0) is 42.5 Å². The highest BCUT2D eigenvalue weighted by Crippen LogP contribution is 2.40. The molecule has 0 aliphatic heterocycles. The summed E-state index contributed by atoms with van der Waals surface area (Å²) in [6, 6.07) is 12.2. The first-order valence-corrected chi connectivity index (χ1v) is 12.2. The molecule has 0 heterocycles. The van der Waals surface area contributed by atoms with Gasteiger partial charge in [-0.25, -0.2) is 4.79 Å². The zero-order valence-electron chi connectivity index (χ0n) is 21.0. The lowest BCUT2D eigenvalue weighted by Gasteiger charge is -2.19. The third kappa shape index (κ3) is 8.29. The first kappa shape index (κ1) is 30.1. The van der Waals surface area contributed by atoms with Crippen molar-refractivity contribution in [2.45, 2.75) is 0 Å². The predicted molar refractivity (Wildman–Crippen MR) is 145 cm³/mol. The van der Waals surface area contributed by atoms with E-state index in [0.717, 1.165) is 0 Å². The summed E-state index contributed by atoms with van der Waals surface area (Å²) in [5.41, 5.74) is 0.0667. The van der Waals surface area contributed by atoms with Crippen LogP contribution in [0.3, 0.4) is 0 Å². The molecule has 0 saturated heterocycles. The van der Waals surface area contributed by atoms with Gasteiger partial charge in [-0.15, -0.1) is 0 Å². The molecule has 0 aliphatic rings. The van der Waals surface area contributed by atoms with Gasteiger partial charge in [-0.2, -0.15) is 0 Å². The van der Waals surface area contributed by atoms with Crippen LogP contribution in [0.25, 0.3) is 0 Å². The van der Waals surface area contributed by atoms with E-state index in [4.69, 9.17) is 68.0 Å². The fourth-order valence-electron chi connectivity index (χ4n) is 3.14. The van der Waals surface area contributed by atoms with Crippen LogP contribution >= 0.6 is 34.8 Å². The zero-order chi connectivity index (χ0) is 28.4. The van der Waals surface area contributed by atoms with Gasteiger partial charge in [0.1, 0.15) is 22.7 Å². The minimum absolute atomic E-state index is 0.0286. The molecule has 13 heteroatoms. The summed E-state index contributed by atoms with van der Waals surface area (Å²) in [4.78, 5) is 25.3. The Hall–Kier alpha value is -3.41. The number of rotatable bonds is 13. The molecule has 0 atom stereocenters. The molecule has 0 radical (unpaired) electrons. The van der Waals surface area contributed by atoms with Gasteiger partial charge in [-0.1, -0.05) is 34.8 Å². The zero-order valence-corrected chi connectivity index (χ0v) is 23.3. The van der Waals surface area contributed by atoms with E-state index >= 15 is 0 Å². The number of amides is 1. The molecule has 3 rings (SSSR count). The van der Waals surface area contributed by atoms with Crippen molar-refractivity contribution in [1.29, 1.82) is 0 Å². The minimum Gasteiger partial charge on any atom is -0.480 e. The van der Waals surface area contributed by atoms with E-state index in [1.807, 2.05) is 0 Å². The Bertz CT molecular complexity index is 1320. The molecule has 10 nitrogen and oxygen atoms in total. The van der Waals surface area contributed by atoms with Gasteiger partial charge in [0.15, 0.2) is 37.4 Å². The quantitative estimate of drug-likeness (QED) is 0.181. The molecule has 3 aromatic rings. The van der Waals surface area contributed by atoms with Crippen molar-refractivity contribution in [2.24, 2.45) is 0 Å². The van der Waals surface area contributed by atoms with Crippen LogP contribution in [0.1, 0.15) is 10.4 Å². The third-order valence-corrected chi connectivity index (χ3v) is 5.59. The summed E-state index contributed by atoms with van der Waals surface area (Å²) in [6.45, 7) is -0.856. The van der Waals surface area contributed by atoms with E-state index in [1.54, 1.807) is 24.3 Å². The molecular weight excluding hydrogens is 577 g/mol. The van der Waals surface area contributed by atoms with Crippen LogP contribution in [0.5, 0.6) is 28.7 Å². The summed E-state index contributed by atoms with van der Waals surface area (Å²) >= 11 is 18.3. The van der Waals surface area contributed by atoms with Crippen LogP contribution in [0.2, 0.25) is 15.1 Å². The van der Waals surface area contributed by atoms with Crippen LogP contribution in [0.15, 0.2) is 48.5 Å². The Morgan fingerprint density at radius 1 is 0.744 bits per heavy atom. The number of hydrogen-bond acceptors (Lipinski definition) is 9. The van der Waals surface area contributed by atoms with Crippen molar-refractivity contribution in [1.82, 2.24) is 0 Å². The number of carbonyl (C=O) groups is 2. The number of esters is 1. The molecule has 1 amide bonds. The largest absolute Gasteiger partial charge is 0.480 e. The smallest absolute Gasteiger partial charge is 0.341 e. The van der Waals surface area contributed by atoms with Crippen molar-refractivity contribution in [2.75, 3.05) is 46.8 Å². The van der Waals surface area contributed by atoms with E-state index in [9.17, 15) is 9.59 Å². The van der Waals surface area contributed by atoms with E-state index in [1.165, 1.54) is 45.6 Å². The lowest BCUT2D eigenvalue weighted by molar-refractivity contribution is -0.118. The summed E-state index contributed by atoms with van der Waals surface area (Å²) in [7, 11) is 4.04. The molecule has 0 saturated carbocycles. The maximum absolute atomic E-state index is 13.0.